The van der Waals surface area contributed by atoms with Gasteiger partial charge in [0.05, 0.1) is 0 Å². The van der Waals surface area contributed by atoms with Crippen molar-refractivity contribution in [1.82, 2.24) is 16.2 Å². The molecule has 3 atom stereocenters. The van der Waals surface area contributed by atoms with E-state index in [0.717, 1.165) is 23.5 Å². The molecule has 114 valence electrons. The number of carbonyl (C=O) groups is 1. The highest BCUT2D eigenvalue weighted by Gasteiger charge is 2.35. The number of carbonyl (C=O) groups excluding carboxylic acids is 1. The summed E-state index contributed by atoms with van der Waals surface area (Å²) >= 11 is 0. The molecule has 3 rings (SSSR count). The standard InChI is InChI=1S/C15H21N3O3/c1-3-11-9(2)14(18-17-11)15(19)16-7-10-4-5-12-13(6-10)21-8-20-12/h4-6,9,11,14,17-18H,3,7-8H2,1-2H3,(H,16,19). The summed E-state index contributed by atoms with van der Waals surface area (Å²) in [5.74, 6) is 1.78. The third-order valence-corrected chi connectivity index (χ3v) is 4.21. The fraction of sp³-hybridized carbons (Fsp3) is 0.533. The lowest BCUT2D eigenvalue weighted by Gasteiger charge is -2.17. The Bertz CT molecular complexity index is 535. The largest absolute Gasteiger partial charge is 0.454 e. The smallest absolute Gasteiger partial charge is 0.239 e. The van der Waals surface area contributed by atoms with E-state index < -0.39 is 0 Å². The van der Waals surface area contributed by atoms with E-state index in [2.05, 4.69) is 30.0 Å². The number of nitrogens with one attached hydrogen (secondary N) is 3. The first kappa shape index (κ1) is 14.2. The highest BCUT2D eigenvalue weighted by molar-refractivity contribution is 5.82. The van der Waals surface area contributed by atoms with Crippen molar-refractivity contribution in [2.24, 2.45) is 5.92 Å². The first-order valence-corrected chi connectivity index (χ1v) is 7.36. The van der Waals surface area contributed by atoms with Crippen LogP contribution in [0.3, 0.4) is 0 Å². The summed E-state index contributed by atoms with van der Waals surface area (Å²) in [6.07, 6.45) is 1.00. The monoisotopic (exact) mass is 291 g/mol. The van der Waals surface area contributed by atoms with Gasteiger partial charge >= 0.3 is 0 Å². The van der Waals surface area contributed by atoms with E-state index in [-0.39, 0.29) is 24.7 Å². The molecule has 0 aromatic heterocycles. The lowest BCUT2D eigenvalue weighted by Crippen LogP contribution is -2.44. The molecular weight excluding hydrogens is 270 g/mol. The summed E-state index contributed by atoms with van der Waals surface area (Å²) in [5, 5.41) is 2.97. The van der Waals surface area contributed by atoms with Crippen LogP contribution in [-0.2, 0) is 11.3 Å². The minimum Gasteiger partial charge on any atom is -0.454 e. The van der Waals surface area contributed by atoms with Gasteiger partial charge in [-0.05, 0) is 30.0 Å². The summed E-state index contributed by atoms with van der Waals surface area (Å²) < 4.78 is 10.6. The zero-order chi connectivity index (χ0) is 14.8. The molecule has 2 aliphatic rings. The van der Waals surface area contributed by atoms with Crippen LogP contribution in [0.15, 0.2) is 18.2 Å². The normalized spacial score (nSPS) is 26.9. The lowest BCUT2D eigenvalue weighted by atomic mass is 9.94. The van der Waals surface area contributed by atoms with Crippen molar-refractivity contribution in [1.29, 1.82) is 0 Å². The number of fused-ring (bicyclic) bond motifs is 1. The Hall–Kier alpha value is -1.79. The fourth-order valence-electron chi connectivity index (χ4n) is 2.82. The molecule has 6 nitrogen and oxygen atoms in total. The van der Waals surface area contributed by atoms with E-state index in [0.29, 0.717) is 12.6 Å². The van der Waals surface area contributed by atoms with Gasteiger partial charge in [0.1, 0.15) is 6.04 Å². The summed E-state index contributed by atoms with van der Waals surface area (Å²) in [4.78, 5) is 12.3. The molecule has 0 bridgehead atoms. The van der Waals surface area contributed by atoms with Gasteiger partial charge in [-0.25, -0.2) is 5.43 Å². The van der Waals surface area contributed by atoms with E-state index in [4.69, 9.17) is 9.47 Å². The Morgan fingerprint density at radius 3 is 2.90 bits per heavy atom. The van der Waals surface area contributed by atoms with Crippen LogP contribution in [0.2, 0.25) is 0 Å². The predicted octanol–water partition coefficient (Wildman–Crippen LogP) is 0.923. The molecule has 2 aliphatic heterocycles. The quantitative estimate of drug-likeness (QED) is 0.769. The Kier molecular flexibility index (Phi) is 3.98. The van der Waals surface area contributed by atoms with Crippen LogP contribution >= 0.6 is 0 Å². The molecule has 3 N–H and O–H groups in total. The zero-order valence-electron chi connectivity index (χ0n) is 12.3. The molecule has 6 heteroatoms. The Morgan fingerprint density at radius 1 is 1.33 bits per heavy atom. The van der Waals surface area contributed by atoms with Crippen molar-refractivity contribution in [3.8, 4) is 11.5 Å². The van der Waals surface area contributed by atoms with E-state index in [1.54, 1.807) is 0 Å². The molecule has 1 saturated heterocycles. The number of rotatable bonds is 4. The van der Waals surface area contributed by atoms with E-state index in [9.17, 15) is 4.79 Å². The molecule has 3 unspecified atom stereocenters. The Morgan fingerprint density at radius 2 is 2.14 bits per heavy atom. The van der Waals surface area contributed by atoms with Crippen LogP contribution in [0, 0.1) is 5.92 Å². The zero-order valence-corrected chi connectivity index (χ0v) is 12.3. The minimum atomic E-state index is -0.191. The molecule has 0 aliphatic carbocycles. The SMILES string of the molecule is CCC1NNC(C(=O)NCc2ccc3c(c2)OCO3)C1C. The van der Waals surface area contributed by atoms with Crippen molar-refractivity contribution in [3.63, 3.8) is 0 Å². The number of benzene rings is 1. The number of hydrogen-bond donors (Lipinski definition) is 3. The van der Waals surface area contributed by atoms with Crippen molar-refractivity contribution in [2.75, 3.05) is 6.79 Å². The van der Waals surface area contributed by atoms with E-state index >= 15 is 0 Å². The third kappa shape index (κ3) is 2.82. The first-order chi connectivity index (χ1) is 10.2. The molecule has 1 aromatic rings. The highest BCUT2D eigenvalue weighted by Crippen LogP contribution is 2.32. The van der Waals surface area contributed by atoms with Crippen LogP contribution in [0.1, 0.15) is 25.8 Å². The molecular formula is C15H21N3O3. The lowest BCUT2D eigenvalue weighted by molar-refractivity contribution is -0.123. The van der Waals surface area contributed by atoms with Crippen LogP contribution in [0.5, 0.6) is 11.5 Å². The highest BCUT2D eigenvalue weighted by atomic mass is 16.7. The fourth-order valence-corrected chi connectivity index (χ4v) is 2.82. The molecule has 0 saturated carbocycles. The second-order valence-electron chi connectivity index (χ2n) is 5.55. The molecule has 1 fully saturated rings. The molecule has 1 amide bonds. The topological polar surface area (TPSA) is 71.6 Å². The number of amides is 1. The molecule has 0 spiro atoms. The van der Waals surface area contributed by atoms with Gasteiger partial charge in [0.25, 0.3) is 0 Å². The van der Waals surface area contributed by atoms with Gasteiger partial charge in [-0.3, -0.25) is 10.2 Å². The average molecular weight is 291 g/mol. The second-order valence-corrected chi connectivity index (χ2v) is 5.55. The predicted molar refractivity (Wildman–Crippen MR) is 77.7 cm³/mol. The number of hydrogen-bond acceptors (Lipinski definition) is 5. The van der Waals surface area contributed by atoms with Crippen molar-refractivity contribution in [3.05, 3.63) is 23.8 Å². The number of hydrazine groups is 1. The molecule has 2 heterocycles. The van der Waals surface area contributed by atoms with Crippen LogP contribution < -0.4 is 25.6 Å². The van der Waals surface area contributed by atoms with E-state index in [1.807, 2.05) is 18.2 Å². The maximum Gasteiger partial charge on any atom is 0.239 e. The van der Waals surface area contributed by atoms with Gasteiger partial charge in [0.2, 0.25) is 12.7 Å². The maximum atomic E-state index is 12.3. The Labute approximate surface area is 124 Å². The Balaban J connectivity index is 1.56. The van der Waals surface area contributed by atoms with Gasteiger partial charge in [-0.1, -0.05) is 19.9 Å². The van der Waals surface area contributed by atoms with Crippen molar-refractivity contribution < 1.29 is 14.3 Å². The van der Waals surface area contributed by atoms with Crippen molar-refractivity contribution in [2.45, 2.75) is 38.9 Å². The van der Waals surface area contributed by atoms with Gasteiger partial charge < -0.3 is 14.8 Å². The molecule has 21 heavy (non-hydrogen) atoms. The summed E-state index contributed by atoms with van der Waals surface area (Å²) in [7, 11) is 0. The van der Waals surface area contributed by atoms with Gasteiger partial charge in [-0.15, -0.1) is 0 Å². The second kappa shape index (κ2) is 5.91. The third-order valence-electron chi connectivity index (χ3n) is 4.21. The van der Waals surface area contributed by atoms with E-state index in [1.165, 1.54) is 0 Å². The maximum absolute atomic E-state index is 12.3. The number of ether oxygens (including phenoxy) is 2. The van der Waals surface area contributed by atoms with Crippen LogP contribution in [-0.4, -0.2) is 24.8 Å². The summed E-state index contributed by atoms with van der Waals surface area (Å²) in [6.45, 7) is 4.95. The van der Waals surface area contributed by atoms with Crippen molar-refractivity contribution >= 4 is 5.91 Å². The summed E-state index contributed by atoms with van der Waals surface area (Å²) in [6, 6.07) is 5.86. The van der Waals surface area contributed by atoms with Crippen LogP contribution in [0.4, 0.5) is 0 Å². The molecule has 1 aromatic carbocycles. The van der Waals surface area contributed by atoms with Gasteiger partial charge in [-0.2, -0.15) is 0 Å². The molecule has 0 radical (unpaired) electrons. The van der Waals surface area contributed by atoms with Gasteiger partial charge in [0.15, 0.2) is 11.5 Å². The minimum absolute atomic E-state index is 0.0172. The van der Waals surface area contributed by atoms with Gasteiger partial charge in [0, 0.05) is 12.6 Å². The first-order valence-electron chi connectivity index (χ1n) is 7.36. The summed E-state index contributed by atoms with van der Waals surface area (Å²) in [5.41, 5.74) is 7.25. The van der Waals surface area contributed by atoms with Crippen LogP contribution in [0.25, 0.3) is 0 Å². The average Bonchev–Trinajstić information content (AvgIpc) is 3.10.